The summed E-state index contributed by atoms with van der Waals surface area (Å²) < 4.78 is 5.82. The van der Waals surface area contributed by atoms with Crippen LogP contribution in [0.2, 0.25) is 0 Å². The number of hydrogen-bond donors (Lipinski definition) is 1. The molecular weight excluding hydrogens is 228 g/mol. The highest BCUT2D eigenvalue weighted by Gasteiger charge is 2.21. The predicted molar refractivity (Wildman–Crippen MR) is 71.6 cm³/mol. The molecule has 2 rings (SSSR count). The van der Waals surface area contributed by atoms with Crippen molar-refractivity contribution in [2.75, 3.05) is 24.6 Å². The molecule has 1 saturated heterocycles. The monoisotopic (exact) mass is 250 g/mol. The molecule has 0 bridgehead atoms. The third-order valence-electron chi connectivity index (χ3n) is 3.25. The molecule has 0 spiro atoms. The molecule has 1 aliphatic heterocycles. The molecule has 1 atom stereocenters. The molecule has 1 aromatic heterocycles. The summed E-state index contributed by atoms with van der Waals surface area (Å²) in [5.74, 6) is 0.950. The van der Waals surface area contributed by atoms with Gasteiger partial charge in [-0.05, 0) is 37.0 Å². The number of ether oxygens (including phenoxy) is 1. The Balaban J connectivity index is 1.98. The van der Waals surface area contributed by atoms with Gasteiger partial charge in [-0.25, -0.2) is 4.98 Å². The maximum Gasteiger partial charge on any atom is 0.128 e. The third-order valence-corrected chi connectivity index (χ3v) is 3.25. The van der Waals surface area contributed by atoms with Gasteiger partial charge in [-0.2, -0.15) is 0 Å². The molecule has 1 aliphatic rings. The average molecular weight is 250 g/mol. The van der Waals surface area contributed by atoms with Crippen LogP contribution in [0.5, 0.6) is 0 Å². The molecule has 4 heteroatoms. The van der Waals surface area contributed by atoms with E-state index in [0.717, 1.165) is 50.3 Å². The lowest BCUT2D eigenvalue weighted by Crippen LogP contribution is -2.40. The number of anilines is 1. The summed E-state index contributed by atoms with van der Waals surface area (Å²) in [5.41, 5.74) is 0.914. The van der Waals surface area contributed by atoms with Gasteiger partial charge < -0.3 is 14.7 Å². The molecule has 1 aromatic rings. The first-order valence-electron chi connectivity index (χ1n) is 6.75. The summed E-state index contributed by atoms with van der Waals surface area (Å²) in [4.78, 5) is 6.64. The molecule has 1 fully saturated rings. The van der Waals surface area contributed by atoms with Gasteiger partial charge >= 0.3 is 0 Å². The molecule has 18 heavy (non-hydrogen) atoms. The van der Waals surface area contributed by atoms with Gasteiger partial charge in [-0.1, -0.05) is 6.92 Å². The molecule has 0 aromatic carbocycles. The van der Waals surface area contributed by atoms with Crippen LogP contribution in [0, 0.1) is 0 Å². The Morgan fingerprint density at radius 1 is 1.56 bits per heavy atom. The van der Waals surface area contributed by atoms with E-state index in [4.69, 9.17) is 9.84 Å². The second kappa shape index (κ2) is 6.71. The fraction of sp³-hybridized carbons (Fsp3) is 0.643. The van der Waals surface area contributed by atoms with E-state index in [2.05, 4.69) is 16.8 Å². The van der Waals surface area contributed by atoms with E-state index in [-0.39, 0.29) is 6.61 Å². The minimum absolute atomic E-state index is 0.0686. The largest absolute Gasteiger partial charge is 0.392 e. The van der Waals surface area contributed by atoms with Gasteiger partial charge in [0.25, 0.3) is 0 Å². The maximum absolute atomic E-state index is 9.16. The van der Waals surface area contributed by atoms with Crippen molar-refractivity contribution >= 4 is 5.82 Å². The van der Waals surface area contributed by atoms with Gasteiger partial charge in [0.15, 0.2) is 0 Å². The molecule has 0 saturated carbocycles. The van der Waals surface area contributed by atoms with Gasteiger partial charge in [0.1, 0.15) is 5.82 Å². The van der Waals surface area contributed by atoms with Crippen LogP contribution < -0.4 is 4.90 Å². The summed E-state index contributed by atoms with van der Waals surface area (Å²) in [7, 11) is 0. The van der Waals surface area contributed by atoms with Crippen LogP contribution >= 0.6 is 0 Å². The number of aliphatic hydroxyl groups is 1. The minimum Gasteiger partial charge on any atom is -0.392 e. The van der Waals surface area contributed by atoms with Crippen molar-refractivity contribution in [3.05, 3.63) is 23.9 Å². The van der Waals surface area contributed by atoms with Crippen LogP contribution in [0.3, 0.4) is 0 Å². The Morgan fingerprint density at radius 2 is 2.44 bits per heavy atom. The first-order valence-corrected chi connectivity index (χ1v) is 6.75. The summed E-state index contributed by atoms with van der Waals surface area (Å²) in [6, 6.07) is 3.81. The number of aliphatic hydroxyl groups excluding tert-OH is 1. The fourth-order valence-corrected chi connectivity index (χ4v) is 2.30. The molecular formula is C14H22N2O2. The summed E-state index contributed by atoms with van der Waals surface area (Å²) in [5, 5.41) is 9.16. The van der Waals surface area contributed by atoms with Crippen molar-refractivity contribution < 1.29 is 9.84 Å². The Morgan fingerprint density at radius 3 is 3.22 bits per heavy atom. The zero-order valence-electron chi connectivity index (χ0n) is 11.0. The molecule has 0 amide bonds. The van der Waals surface area contributed by atoms with E-state index < -0.39 is 0 Å². The number of aromatic nitrogens is 1. The van der Waals surface area contributed by atoms with Gasteiger partial charge in [-0.3, -0.25) is 0 Å². The van der Waals surface area contributed by atoms with E-state index in [1.54, 1.807) is 6.20 Å². The Kier molecular flexibility index (Phi) is 4.96. The normalized spacial score (nSPS) is 20.1. The molecule has 4 nitrogen and oxygen atoms in total. The van der Waals surface area contributed by atoms with Crippen LogP contribution in [0.25, 0.3) is 0 Å². The number of nitrogens with zero attached hydrogens (tertiary/aromatic N) is 2. The lowest BCUT2D eigenvalue weighted by atomic mass is 10.1. The van der Waals surface area contributed by atoms with Crippen LogP contribution in [-0.4, -0.2) is 35.9 Å². The highest BCUT2D eigenvalue weighted by molar-refractivity contribution is 5.41. The topological polar surface area (TPSA) is 45.6 Å². The molecule has 1 N–H and O–H groups in total. The van der Waals surface area contributed by atoms with Gasteiger partial charge in [-0.15, -0.1) is 0 Å². The number of pyridine rings is 1. The summed E-state index contributed by atoms with van der Waals surface area (Å²) >= 11 is 0. The van der Waals surface area contributed by atoms with E-state index in [1.165, 1.54) is 0 Å². The predicted octanol–water partition coefficient (Wildman–Crippen LogP) is 1.97. The Hall–Kier alpha value is -1.13. The van der Waals surface area contributed by atoms with Crippen molar-refractivity contribution in [3.63, 3.8) is 0 Å². The van der Waals surface area contributed by atoms with Crippen LogP contribution in [-0.2, 0) is 11.3 Å². The smallest absolute Gasteiger partial charge is 0.128 e. The second-order valence-electron chi connectivity index (χ2n) is 4.76. The molecule has 0 radical (unpaired) electrons. The van der Waals surface area contributed by atoms with Gasteiger partial charge in [0.2, 0.25) is 0 Å². The lowest BCUT2D eigenvalue weighted by molar-refractivity contribution is 0.0439. The van der Waals surface area contributed by atoms with Crippen molar-refractivity contribution in [2.24, 2.45) is 0 Å². The summed E-state index contributed by atoms with van der Waals surface area (Å²) in [6.07, 6.45) is 5.42. The standard InChI is InChI=1S/C14H22N2O2/c1-2-8-18-13-4-3-7-16(10-13)14-9-12(11-17)5-6-15-14/h5-6,9,13,17H,2-4,7-8,10-11H2,1H3. The van der Waals surface area contributed by atoms with Crippen molar-refractivity contribution in [1.82, 2.24) is 4.98 Å². The molecule has 0 aliphatic carbocycles. The Bertz CT molecular complexity index is 371. The van der Waals surface area contributed by atoms with E-state index in [9.17, 15) is 0 Å². The first kappa shape index (κ1) is 13.3. The van der Waals surface area contributed by atoms with Crippen molar-refractivity contribution in [3.8, 4) is 0 Å². The number of piperidine rings is 1. The highest BCUT2D eigenvalue weighted by Crippen LogP contribution is 2.20. The Labute approximate surface area is 109 Å². The van der Waals surface area contributed by atoms with Crippen molar-refractivity contribution in [2.45, 2.75) is 38.9 Å². The van der Waals surface area contributed by atoms with Gasteiger partial charge in [0, 0.05) is 25.9 Å². The van der Waals surface area contributed by atoms with E-state index in [1.807, 2.05) is 12.1 Å². The highest BCUT2D eigenvalue weighted by atomic mass is 16.5. The second-order valence-corrected chi connectivity index (χ2v) is 4.76. The zero-order chi connectivity index (χ0) is 12.8. The van der Waals surface area contributed by atoms with Crippen LogP contribution in [0.15, 0.2) is 18.3 Å². The quantitative estimate of drug-likeness (QED) is 0.868. The number of rotatable bonds is 5. The van der Waals surface area contributed by atoms with Crippen molar-refractivity contribution in [1.29, 1.82) is 0 Å². The van der Waals surface area contributed by atoms with E-state index in [0.29, 0.717) is 6.10 Å². The molecule has 1 unspecified atom stereocenters. The maximum atomic E-state index is 9.16. The SMILES string of the molecule is CCCOC1CCCN(c2cc(CO)ccn2)C1. The molecule has 2 heterocycles. The third kappa shape index (κ3) is 3.43. The first-order chi connectivity index (χ1) is 8.83. The summed E-state index contributed by atoms with van der Waals surface area (Å²) in [6.45, 7) is 4.96. The van der Waals surface area contributed by atoms with E-state index >= 15 is 0 Å². The van der Waals surface area contributed by atoms with Crippen LogP contribution in [0.4, 0.5) is 5.82 Å². The molecule has 100 valence electrons. The van der Waals surface area contributed by atoms with Gasteiger partial charge in [0.05, 0.1) is 12.7 Å². The fourth-order valence-electron chi connectivity index (χ4n) is 2.30. The average Bonchev–Trinajstić information content (AvgIpc) is 2.45. The zero-order valence-corrected chi connectivity index (χ0v) is 11.0. The minimum atomic E-state index is 0.0686. The van der Waals surface area contributed by atoms with Crippen LogP contribution in [0.1, 0.15) is 31.7 Å². The number of hydrogen-bond acceptors (Lipinski definition) is 4. The lowest BCUT2D eigenvalue weighted by Gasteiger charge is -2.33.